The van der Waals surface area contributed by atoms with Crippen LogP contribution in [-0.2, 0) is 4.79 Å². The average Bonchev–Trinajstić information content (AvgIpc) is 2.57. The molecule has 1 aromatic carbocycles. The molecule has 0 aliphatic heterocycles. The third-order valence-electron chi connectivity index (χ3n) is 3.71. The van der Waals surface area contributed by atoms with Crippen LogP contribution in [0.2, 0.25) is 0 Å². The van der Waals surface area contributed by atoms with Crippen LogP contribution in [0.15, 0.2) is 12.1 Å². The third-order valence-corrected chi connectivity index (χ3v) is 4.64. The summed E-state index contributed by atoms with van der Waals surface area (Å²) in [5.74, 6) is 0.342. The Bertz CT molecular complexity index is 575. The number of nitrogens with one attached hydrogen (secondary N) is 1. The van der Waals surface area contributed by atoms with Gasteiger partial charge in [-0.25, -0.2) is 4.98 Å². The largest absolute Gasteiger partial charge is 0.302 e. The van der Waals surface area contributed by atoms with Crippen molar-refractivity contribution in [2.75, 3.05) is 5.32 Å². The molecule has 3 rings (SSSR count). The molecule has 1 aliphatic carbocycles. The molecule has 1 heterocycles. The predicted molar refractivity (Wildman–Crippen MR) is 75.1 cm³/mol. The number of amides is 1. The Kier molecular flexibility index (Phi) is 2.82. The van der Waals surface area contributed by atoms with E-state index in [1.807, 2.05) is 0 Å². The van der Waals surface area contributed by atoms with E-state index in [9.17, 15) is 4.79 Å². The second-order valence-electron chi connectivity index (χ2n) is 5.04. The normalized spacial score (nSPS) is 15.7. The molecule has 0 unspecified atom stereocenters. The van der Waals surface area contributed by atoms with Gasteiger partial charge < -0.3 is 5.32 Å². The maximum absolute atomic E-state index is 11.9. The molecule has 1 amide bonds. The predicted octanol–water partition coefficient (Wildman–Crippen LogP) is 3.65. The average molecular weight is 260 g/mol. The van der Waals surface area contributed by atoms with Gasteiger partial charge in [-0.15, -0.1) is 0 Å². The van der Waals surface area contributed by atoms with Gasteiger partial charge in [0, 0.05) is 5.92 Å². The number of hydrogen-bond acceptors (Lipinski definition) is 3. The second kappa shape index (κ2) is 4.35. The number of benzene rings is 1. The maximum Gasteiger partial charge on any atom is 0.229 e. The first-order valence-corrected chi connectivity index (χ1v) is 7.14. The molecule has 1 saturated carbocycles. The van der Waals surface area contributed by atoms with E-state index in [-0.39, 0.29) is 11.8 Å². The molecule has 1 aromatic heterocycles. The standard InChI is InChI=1S/C14H16N2OS/c1-8-6-11-12(7-9(8)2)18-14(15-11)16-13(17)10-4-3-5-10/h6-7,10H,3-5H2,1-2H3,(H,15,16,17). The molecule has 1 fully saturated rings. The van der Waals surface area contributed by atoms with Crippen molar-refractivity contribution in [3.8, 4) is 0 Å². The van der Waals surface area contributed by atoms with E-state index < -0.39 is 0 Å². The van der Waals surface area contributed by atoms with Gasteiger partial charge in [0.15, 0.2) is 5.13 Å². The number of fused-ring (bicyclic) bond motifs is 1. The molecule has 1 N–H and O–H groups in total. The lowest BCUT2D eigenvalue weighted by atomic mass is 9.85. The summed E-state index contributed by atoms with van der Waals surface area (Å²) in [6.45, 7) is 4.18. The number of carbonyl (C=O) groups is 1. The summed E-state index contributed by atoms with van der Waals surface area (Å²) < 4.78 is 1.14. The zero-order valence-corrected chi connectivity index (χ0v) is 11.4. The first kappa shape index (κ1) is 11.7. The fourth-order valence-corrected chi connectivity index (χ4v) is 3.06. The first-order chi connectivity index (χ1) is 8.63. The van der Waals surface area contributed by atoms with Crippen molar-refractivity contribution in [1.82, 2.24) is 4.98 Å². The van der Waals surface area contributed by atoms with Gasteiger partial charge in [0.1, 0.15) is 0 Å². The van der Waals surface area contributed by atoms with Crippen molar-refractivity contribution in [2.24, 2.45) is 5.92 Å². The number of hydrogen-bond donors (Lipinski definition) is 1. The highest BCUT2D eigenvalue weighted by Crippen LogP contribution is 2.31. The Morgan fingerprint density at radius 3 is 2.72 bits per heavy atom. The van der Waals surface area contributed by atoms with Crippen molar-refractivity contribution in [3.63, 3.8) is 0 Å². The van der Waals surface area contributed by atoms with E-state index in [0.717, 1.165) is 28.2 Å². The molecule has 94 valence electrons. The van der Waals surface area contributed by atoms with E-state index in [1.165, 1.54) is 17.5 Å². The lowest BCUT2D eigenvalue weighted by molar-refractivity contribution is -0.122. The molecular formula is C14H16N2OS. The molecule has 0 atom stereocenters. The number of rotatable bonds is 2. The van der Waals surface area contributed by atoms with Crippen LogP contribution in [0.25, 0.3) is 10.2 Å². The zero-order chi connectivity index (χ0) is 12.7. The van der Waals surface area contributed by atoms with Gasteiger partial charge in [-0.2, -0.15) is 0 Å². The zero-order valence-electron chi connectivity index (χ0n) is 10.6. The third kappa shape index (κ3) is 2.01. The van der Waals surface area contributed by atoms with E-state index in [1.54, 1.807) is 11.3 Å². The fourth-order valence-electron chi connectivity index (χ4n) is 2.11. The molecule has 1 aliphatic rings. The number of anilines is 1. The topological polar surface area (TPSA) is 42.0 Å². The summed E-state index contributed by atoms with van der Waals surface area (Å²) in [5, 5.41) is 3.67. The van der Waals surface area contributed by atoms with Crippen LogP contribution in [0.1, 0.15) is 30.4 Å². The summed E-state index contributed by atoms with van der Waals surface area (Å²) >= 11 is 1.56. The minimum absolute atomic E-state index is 0.133. The lowest BCUT2D eigenvalue weighted by Crippen LogP contribution is -2.27. The molecule has 0 spiro atoms. The molecule has 3 nitrogen and oxygen atoms in total. The van der Waals surface area contributed by atoms with Crippen LogP contribution >= 0.6 is 11.3 Å². The van der Waals surface area contributed by atoms with Crippen molar-refractivity contribution >= 4 is 32.6 Å². The van der Waals surface area contributed by atoms with Crippen LogP contribution in [0, 0.1) is 19.8 Å². The van der Waals surface area contributed by atoms with Gasteiger partial charge in [-0.1, -0.05) is 17.8 Å². The Morgan fingerprint density at radius 1 is 1.33 bits per heavy atom. The minimum Gasteiger partial charge on any atom is -0.302 e. The first-order valence-electron chi connectivity index (χ1n) is 6.32. The molecule has 4 heteroatoms. The number of nitrogens with zero attached hydrogens (tertiary/aromatic N) is 1. The van der Waals surface area contributed by atoms with Crippen LogP contribution < -0.4 is 5.32 Å². The smallest absolute Gasteiger partial charge is 0.229 e. The Morgan fingerprint density at radius 2 is 2.06 bits per heavy atom. The summed E-state index contributed by atoms with van der Waals surface area (Å²) in [6.07, 6.45) is 3.22. The monoisotopic (exact) mass is 260 g/mol. The summed E-state index contributed by atoms with van der Waals surface area (Å²) in [5.41, 5.74) is 3.49. The van der Waals surface area contributed by atoms with Crippen LogP contribution in [0.4, 0.5) is 5.13 Å². The number of thiazole rings is 1. The van der Waals surface area contributed by atoms with Gasteiger partial charge in [-0.05, 0) is 49.9 Å². The van der Waals surface area contributed by atoms with Gasteiger partial charge in [0.25, 0.3) is 0 Å². The Hall–Kier alpha value is -1.42. The minimum atomic E-state index is 0.133. The van der Waals surface area contributed by atoms with Gasteiger partial charge in [0.2, 0.25) is 5.91 Å². The molecule has 0 radical (unpaired) electrons. The molecule has 0 saturated heterocycles. The van der Waals surface area contributed by atoms with Crippen molar-refractivity contribution in [2.45, 2.75) is 33.1 Å². The quantitative estimate of drug-likeness (QED) is 0.895. The van der Waals surface area contributed by atoms with E-state index in [2.05, 4.69) is 36.3 Å². The van der Waals surface area contributed by atoms with Gasteiger partial charge >= 0.3 is 0 Å². The molecule has 2 aromatic rings. The van der Waals surface area contributed by atoms with Crippen LogP contribution in [0.5, 0.6) is 0 Å². The van der Waals surface area contributed by atoms with Crippen molar-refractivity contribution in [1.29, 1.82) is 0 Å². The summed E-state index contributed by atoms with van der Waals surface area (Å²) in [7, 11) is 0. The highest BCUT2D eigenvalue weighted by atomic mass is 32.1. The fraction of sp³-hybridized carbons (Fsp3) is 0.429. The highest BCUT2D eigenvalue weighted by Gasteiger charge is 2.25. The van der Waals surface area contributed by atoms with Gasteiger partial charge in [0.05, 0.1) is 10.2 Å². The van der Waals surface area contributed by atoms with Gasteiger partial charge in [-0.3, -0.25) is 4.79 Å². The van der Waals surface area contributed by atoms with E-state index >= 15 is 0 Å². The van der Waals surface area contributed by atoms with E-state index in [4.69, 9.17) is 0 Å². The number of carbonyl (C=O) groups excluding carboxylic acids is 1. The van der Waals surface area contributed by atoms with Crippen LogP contribution in [0.3, 0.4) is 0 Å². The SMILES string of the molecule is Cc1cc2nc(NC(=O)C3CCC3)sc2cc1C. The second-order valence-corrected chi connectivity index (χ2v) is 6.07. The highest BCUT2D eigenvalue weighted by molar-refractivity contribution is 7.22. The Balaban J connectivity index is 1.86. The lowest BCUT2D eigenvalue weighted by Gasteiger charge is -2.23. The number of aromatic nitrogens is 1. The van der Waals surface area contributed by atoms with Crippen LogP contribution in [-0.4, -0.2) is 10.9 Å². The summed E-state index contributed by atoms with van der Waals surface area (Å²) in [6, 6.07) is 4.22. The summed E-state index contributed by atoms with van der Waals surface area (Å²) in [4.78, 5) is 16.3. The molecule has 18 heavy (non-hydrogen) atoms. The maximum atomic E-state index is 11.9. The van der Waals surface area contributed by atoms with E-state index in [0.29, 0.717) is 0 Å². The van der Waals surface area contributed by atoms with Crippen molar-refractivity contribution < 1.29 is 4.79 Å². The molecular weight excluding hydrogens is 244 g/mol. The van der Waals surface area contributed by atoms with Crippen molar-refractivity contribution in [3.05, 3.63) is 23.3 Å². The number of aryl methyl sites for hydroxylation is 2. The Labute approximate surface area is 110 Å². The molecule has 0 bridgehead atoms.